The van der Waals surface area contributed by atoms with Gasteiger partial charge in [0.25, 0.3) is 0 Å². The zero-order chi connectivity index (χ0) is 49.3. The fourth-order valence-electron chi connectivity index (χ4n) is 10.4. The van der Waals surface area contributed by atoms with E-state index in [2.05, 4.69) is 208 Å². The van der Waals surface area contributed by atoms with E-state index < -0.39 is 0 Å². The summed E-state index contributed by atoms with van der Waals surface area (Å²) in [6.07, 6.45) is 0. The van der Waals surface area contributed by atoms with Gasteiger partial charge in [-0.05, 0) is 105 Å². The molecule has 0 unspecified atom stereocenters. The zero-order valence-electron chi connectivity index (χ0n) is 41.3. The van der Waals surface area contributed by atoms with Crippen LogP contribution in [0, 0.1) is 11.3 Å². The average molecular weight is 929 g/mol. The molecule has 0 fully saturated rings. The predicted molar refractivity (Wildman–Crippen MR) is 298 cm³/mol. The van der Waals surface area contributed by atoms with Gasteiger partial charge in [0.05, 0.1) is 50.6 Å². The topological polar surface area (TPSA) is 72.3 Å². The molecule has 9 aromatic carbocycles. The van der Waals surface area contributed by atoms with E-state index in [1.54, 1.807) is 0 Å². The first-order chi connectivity index (χ1) is 34.9. The summed E-state index contributed by atoms with van der Waals surface area (Å²) < 4.78 is 4.82. The Bertz CT molecular complexity index is 4060. The SMILES string of the molecule is CC(C)(C)c1ccc2c(c1)c1ccccc1n2-c1ccc(-c2cccc(C#N)c2)cc1-c1cccc(-n2c3ccccc3c3cc(C(C)(C)C)ccc32)c1-c1nc(-c2ccccc2)nc(-c2ccccc2)n1. The van der Waals surface area contributed by atoms with E-state index in [9.17, 15) is 5.26 Å². The first-order valence-corrected chi connectivity index (χ1v) is 24.7. The van der Waals surface area contributed by atoms with Crippen LogP contribution in [-0.4, -0.2) is 24.1 Å². The second kappa shape index (κ2) is 17.2. The van der Waals surface area contributed by atoms with Crippen molar-refractivity contribution in [1.29, 1.82) is 5.26 Å². The minimum atomic E-state index is -0.0513. The average Bonchev–Trinajstić information content (AvgIpc) is 3.92. The van der Waals surface area contributed by atoms with Crippen molar-refractivity contribution in [2.45, 2.75) is 52.4 Å². The number of nitrogens with zero attached hydrogens (tertiary/aromatic N) is 6. The van der Waals surface area contributed by atoms with Crippen molar-refractivity contribution in [3.05, 3.63) is 223 Å². The quantitative estimate of drug-likeness (QED) is 0.160. The molecule has 0 aliphatic carbocycles. The van der Waals surface area contributed by atoms with Gasteiger partial charge in [0, 0.05) is 38.2 Å². The summed E-state index contributed by atoms with van der Waals surface area (Å²) in [4.78, 5) is 16.2. The Morgan fingerprint density at radius 3 is 1.39 bits per heavy atom. The number of fused-ring (bicyclic) bond motifs is 6. The number of para-hydroxylation sites is 2. The van der Waals surface area contributed by atoms with Crippen molar-refractivity contribution in [3.63, 3.8) is 0 Å². The van der Waals surface area contributed by atoms with E-state index >= 15 is 0 Å². The summed E-state index contributed by atoms with van der Waals surface area (Å²) in [7, 11) is 0. The maximum Gasteiger partial charge on any atom is 0.166 e. The maximum absolute atomic E-state index is 10.1. The van der Waals surface area contributed by atoms with Crippen LogP contribution in [0.5, 0.6) is 0 Å². The third-order valence-electron chi connectivity index (χ3n) is 14.1. The van der Waals surface area contributed by atoms with E-state index in [1.165, 1.54) is 32.7 Å². The molecule has 6 heteroatoms. The van der Waals surface area contributed by atoms with Crippen LogP contribution in [0.25, 0.3) is 111 Å². The molecule has 0 spiro atoms. The number of hydrogen-bond donors (Lipinski definition) is 0. The molecule has 0 amide bonds. The molecule has 0 bridgehead atoms. The molecule has 346 valence electrons. The molecule has 0 N–H and O–H groups in total. The molecule has 0 aliphatic rings. The highest BCUT2D eigenvalue weighted by Crippen LogP contribution is 2.46. The third kappa shape index (κ3) is 7.62. The van der Waals surface area contributed by atoms with Crippen molar-refractivity contribution in [3.8, 4) is 73.9 Å². The minimum absolute atomic E-state index is 0.0413. The molecule has 0 radical (unpaired) electrons. The predicted octanol–water partition coefficient (Wildman–Crippen LogP) is 16.9. The lowest BCUT2D eigenvalue weighted by molar-refractivity contribution is 0.591. The highest BCUT2D eigenvalue weighted by molar-refractivity contribution is 6.12. The van der Waals surface area contributed by atoms with E-state index in [0.29, 0.717) is 23.0 Å². The Morgan fingerprint density at radius 2 is 0.833 bits per heavy atom. The van der Waals surface area contributed by atoms with E-state index in [0.717, 1.165) is 72.4 Å². The summed E-state index contributed by atoms with van der Waals surface area (Å²) >= 11 is 0. The van der Waals surface area contributed by atoms with Gasteiger partial charge in [-0.1, -0.05) is 181 Å². The van der Waals surface area contributed by atoms with Crippen molar-refractivity contribution < 1.29 is 0 Å². The Kier molecular flexibility index (Phi) is 10.6. The van der Waals surface area contributed by atoms with Gasteiger partial charge in [0.15, 0.2) is 17.5 Å². The number of aromatic nitrogens is 5. The Balaban J connectivity index is 1.24. The smallest absolute Gasteiger partial charge is 0.166 e. The monoisotopic (exact) mass is 928 g/mol. The molecular formula is C66H52N6. The van der Waals surface area contributed by atoms with Crippen LogP contribution in [0.2, 0.25) is 0 Å². The lowest BCUT2D eigenvalue weighted by Crippen LogP contribution is -2.10. The van der Waals surface area contributed by atoms with Gasteiger partial charge in [0.1, 0.15) is 0 Å². The molecule has 12 aromatic rings. The Morgan fingerprint density at radius 1 is 0.361 bits per heavy atom. The number of nitriles is 1. The second-order valence-corrected chi connectivity index (χ2v) is 20.8. The van der Waals surface area contributed by atoms with Gasteiger partial charge < -0.3 is 9.13 Å². The van der Waals surface area contributed by atoms with Crippen molar-refractivity contribution in [1.82, 2.24) is 24.1 Å². The van der Waals surface area contributed by atoms with Gasteiger partial charge in [0.2, 0.25) is 0 Å². The normalized spacial score (nSPS) is 12.0. The standard InChI is InChI=1S/C66H52N6/c1-65(2,3)47-32-35-58-53(39-47)49-25-13-15-28-55(49)71(58)57-34-31-46(45-24-17-19-42(37-45)41-67)38-52(57)51-27-18-30-60(72-56-29-16-14-26-50(56)54-40-48(66(4,5)6)33-36-59(54)72)61(51)64-69-62(43-20-9-7-10-21-43)68-63(70-64)44-22-11-8-12-23-44/h7-40H,1-6H3. The lowest BCUT2D eigenvalue weighted by atomic mass is 9.86. The van der Waals surface area contributed by atoms with Gasteiger partial charge in [-0.25, -0.2) is 15.0 Å². The van der Waals surface area contributed by atoms with Gasteiger partial charge in [-0.2, -0.15) is 5.26 Å². The molecule has 0 atom stereocenters. The number of rotatable bonds is 7. The van der Waals surface area contributed by atoms with Crippen LogP contribution in [0.1, 0.15) is 58.2 Å². The first kappa shape index (κ1) is 44.3. The molecule has 12 rings (SSSR count). The molecule has 72 heavy (non-hydrogen) atoms. The number of benzene rings is 9. The highest BCUT2D eigenvalue weighted by Gasteiger charge is 2.27. The van der Waals surface area contributed by atoms with Crippen molar-refractivity contribution >= 4 is 43.6 Å². The van der Waals surface area contributed by atoms with Crippen LogP contribution >= 0.6 is 0 Å². The van der Waals surface area contributed by atoms with Gasteiger partial charge in [-0.15, -0.1) is 0 Å². The van der Waals surface area contributed by atoms with Crippen LogP contribution < -0.4 is 0 Å². The van der Waals surface area contributed by atoms with Crippen LogP contribution in [0.3, 0.4) is 0 Å². The van der Waals surface area contributed by atoms with Gasteiger partial charge >= 0.3 is 0 Å². The molecule has 3 heterocycles. The summed E-state index contributed by atoms with van der Waals surface area (Å²) in [5.41, 5.74) is 15.9. The number of hydrogen-bond acceptors (Lipinski definition) is 4. The largest absolute Gasteiger partial charge is 0.309 e. The van der Waals surface area contributed by atoms with Crippen LogP contribution in [0.15, 0.2) is 206 Å². The van der Waals surface area contributed by atoms with Crippen molar-refractivity contribution in [2.24, 2.45) is 0 Å². The molecule has 6 nitrogen and oxygen atoms in total. The van der Waals surface area contributed by atoms with Crippen molar-refractivity contribution in [2.75, 3.05) is 0 Å². The van der Waals surface area contributed by atoms with E-state index in [1.807, 2.05) is 54.6 Å². The molecule has 3 aromatic heterocycles. The third-order valence-corrected chi connectivity index (χ3v) is 14.1. The Labute approximate surface area is 420 Å². The fraction of sp³-hybridized carbons (Fsp3) is 0.121. The first-order valence-electron chi connectivity index (χ1n) is 24.7. The zero-order valence-corrected chi connectivity index (χ0v) is 41.3. The molecule has 0 saturated carbocycles. The lowest BCUT2D eigenvalue weighted by Gasteiger charge is -2.22. The Hall–Kier alpha value is -8.92. The summed E-state index contributed by atoms with van der Waals surface area (Å²) in [6.45, 7) is 13.6. The van der Waals surface area contributed by atoms with E-state index in [-0.39, 0.29) is 10.8 Å². The molecule has 0 aliphatic heterocycles. The summed E-state index contributed by atoms with van der Waals surface area (Å²) in [5.74, 6) is 1.71. The molecule has 0 saturated heterocycles. The summed E-state index contributed by atoms with van der Waals surface area (Å²) in [6, 6.07) is 75.3. The van der Waals surface area contributed by atoms with E-state index in [4.69, 9.17) is 15.0 Å². The van der Waals surface area contributed by atoms with Crippen LogP contribution in [0.4, 0.5) is 0 Å². The van der Waals surface area contributed by atoms with Gasteiger partial charge in [-0.3, -0.25) is 0 Å². The van der Waals surface area contributed by atoms with Crippen LogP contribution in [-0.2, 0) is 10.8 Å². The minimum Gasteiger partial charge on any atom is -0.309 e. The second-order valence-electron chi connectivity index (χ2n) is 20.8. The molecular weight excluding hydrogens is 877 g/mol. The highest BCUT2D eigenvalue weighted by atomic mass is 15.1. The maximum atomic E-state index is 10.1. The fourth-order valence-corrected chi connectivity index (χ4v) is 10.4. The summed E-state index contributed by atoms with van der Waals surface area (Å²) in [5, 5.41) is 14.8.